The number of para-hydroxylation sites is 2. The summed E-state index contributed by atoms with van der Waals surface area (Å²) in [5.41, 5.74) is 18.8. The summed E-state index contributed by atoms with van der Waals surface area (Å²) >= 11 is 0. The van der Waals surface area contributed by atoms with Crippen LogP contribution in [0, 0.1) is 0 Å². The zero-order valence-electron chi connectivity index (χ0n) is 36.1. The second-order valence-electron chi connectivity index (χ2n) is 18.3. The molecule has 0 atom stereocenters. The highest BCUT2D eigenvalue weighted by molar-refractivity contribution is 6.11. The fourth-order valence-corrected chi connectivity index (χ4v) is 11.2. The van der Waals surface area contributed by atoms with Crippen LogP contribution in [0.25, 0.3) is 71.6 Å². The minimum atomic E-state index is -0.140. The summed E-state index contributed by atoms with van der Waals surface area (Å²) in [5, 5.41) is 5.01. The Bertz CT molecular complexity index is 3340. The van der Waals surface area contributed by atoms with Crippen LogP contribution < -0.4 is 4.90 Å². The third-order valence-corrected chi connectivity index (χ3v) is 14.4. The summed E-state index contributed by atoms with van der Waals surface area (Å²) in [6.45, 7) is 4.87. The van der Waals surface area contributed by atoms with E-state index in [1.54, 1.807) is 0 Å². The largest absolute Gasteiger partial charge is 0.310 e. The van der Waals surface area contributed by atoms with E-state index in [-0.39, 0.29) is 5.41 Å². The first-order valence-corrected chi connectivity index (χ1v) is 22.9. The predicted molar refractivity (Wildman–Crippen MR) is 267 cm³/mol. The van der Waals surface area contributed by atoms with Crippen LogP contribution in [0.15, 0.2) is 200 Å². The third kappa shape index (κ3) is 6.22. The van der Waals surface area contributed by atoms with Crippen molar-refractivity contribution in [3.05, 3.63) is 217 Å². The highest BCUT2D eigenvalue weighted by Gasteiger charge is 2.37. The van der Waals surface area contributed by atoms with Crippen LogP contribution in [0.3, 0.4) is 0 Å². The summed E-state index contributed by atoms with van der Waals surface area (Å²) < 4.78 is 2.43. The Labute approximate surface area is 370 Å². The highest BCUT2D eigenvalue weighted by atomic mass is 15.1. The zero-order chi connectivity index (χ0) is 42.1. The quantitative estimate of drug-likeness (QED) is 0.156. The molecule has 0 spiro atoms. The van der Waals surface area contributed by atoms with Crippen molar-refractivity contribution in [2.45, 2.75) is 57.3 Å². The van der Waals surface area contributed by atoms with Crippen molar-refractivity contribution in [1.29, 1.82) is 0 Å². The van der Waals surface area contributed by atoms with Gasteiger partial charge < -0.3 is 9.47 Å². The molecule has 63 heavy (non-hydrogen) atoms. The molecule has 0 saturated heterocycles. The molecule has 12 rings (SSSR count). The zero-order valence-corrected chi connectivity index (χ0v) is 36.1. The highest BCUT2D eigenvalue weighted by Crippen LogP contribution is 2.52. The number of rotatable bonds is 7. The van der Waals surface area contributed by atoms with Crippen molar-refractivity contribution in [1.82, 2.24) is 4.57 Å². The van der Waals surface area contributed by atoms with Gasteiger partial charge in [-0.1, -0.05) is 179 Å². The molecule has 0 radical (unpaired) electrons. The number of hydrogen-bond acceptors (Lipinski definition) is 1. The molecular formula is C61H50N2. The Morgan fingerprint density at radius 3 is 1.84 bits per heavy atom. The van der Waals surface area contributed by atoms with Gasteiger partial charge in [-0.2, -0.15) is 0 Å². The average Bonchev–Trinajstić information content (AvgIpc) is 3.79. The van der Waals surface area contributed by atoms with Gasteiger partial charge in [0.1, 0.15) is 0 Å². The summed E-state index contributed by atoms with van der Waals surface area (Å²) in [6, 6.07) is 74.8. The molecular weight excluding hydrogens is 761 g/mol. The second kappa shape index (κ2) is 15.0. The lowest BCUT2D eigenvalue weighted by Crippen LogP contribution is -2.17. The number of aromatic nitrogens is 1. The maximum absolute atomic E-state index is 2.57. The molecule has 0 N–H and O–H groups in total. The number of benzene rings is 9. The van der Waals surface area contributed by atoms with E-state index < -0.39 is 0 Å². The van der Waals surface area contributed by atoms with Gasteiger partial charge in [0.2, 0.25) is 0 Å². The van der Waals surface area contributed by atoms with Crippen LogP contribution in [0.2, 0.25) is 0 Å². The molecule has 1 fully saturated rings. The van der Waals surface area contributed by atoms with E-state index >= 15 is 0 Å². The van der Waals surface area contributed by atoms with Crippen molar-refractivity contribution in [3.8, 4) is 39.1 Å². The van der Waals surface area contributed by atoms with E-state index in [2.05, 4.69) is 224 Å². The van der Waals surface area contributed by atoms with Crippen molar-refractivity contribution >= 4 is 49.6 Å². The van der Waals surface area contributed by atoms with Gasteiger partial charge in [-0.15, -0.1) is 0 Å². The molecule has 304 valence electrons. The number of fused-ring (bicyclic) bond motifs is 7. The lowest BCUT2D eigenvalue weighted by Gasteiger charge is -2.29. The number of nitrogens with zero attached hydrogens (tertiary/aromatic N) is 2. The first kappa shape index (κ1) is 37.6. The molecule has 2 heteroatoms. The minimum absolute atomic E-state index is 0.140. The van der Waals surface area contributed by atoms with E-state index in [1.807, 2.05) is 0 Å². The van der Waals surface area contributed by atoms with Gasteiger partial charge in [-0.05, 0) is 134 Å². The molecule has 2 nitrogen and oxygen atoms in total. The Morgan fingerprint density at radius 2 is 1.05 bits per heavy atom. The standard InChI is InChI=1S/C61H50N2/c1-61(2)56-38-44(41-17-6-3-7-18-41)31-34-52(56)53-35-32-48(39-57(53)61)62(49-33-36-55-54-27-12-13-30-58(54)63(59(55)40-49)46-24-10-5-11-25-46)47-26-14-23-45(37-47)51-29-16-22-43-21-15-28-50(60(43)51)42-19-8-4-9-20-42/h4-5,8-16,19-41H,3,6-7,17-18H2,1-2H3. The van der Waals surface area contributed by atoms with E-state index in [4.69, 9.17) is 0 Å². The smallest absolute Gasteiger partial charge is 0.0561 e. The SMILES string of the molecule is CC1(C)c2cc(C3CCCCC3)ccc2-c2ccc(N(c3cccc(-c4cccc5cccc(-c6ccccc6)c45)c3)c3ccc4c5ccccc5n(-c5ccccc5)c4c3)cc21. The molecule has 1 saturated carbocycles. The molecule has 0 aliphatic heterocycles. The van der Waals surface area contributed by atoms with E-state index in [1.165, 1.54) is 115 Å². The molecule has 2 aliphatic carbocycles. The minimum Gasteiger partial charge on any atom is -0.310 e. The monoisotopic (exact) mass is 810 g/mol. The van der Waals surface area contributed by atoms with Gasteiger partial charge in [0.05, 0.1) is 11.0 Å². The normalized spacial score (nSPS) is 14.6. The van der Waals surface area contributed by atoms with E-state index in [0.29, 0.717) is 5.92 Å². The van der Waals surface area contributed by atoms with Gasteiger partial charge in [0.25, 0.3) is 0 Å². The first-order chi connectivity index (χ1) is 31.0. The molecule has 1 aromatic heterocycles. The Balaban J connectivity index is 1.06. The number of hydrogen-bond donors (Lipinski definition) is 0. The van der Waals surface area contributed by atoms with Gasteiger partial charge in [0, 0.05) is 38.9 Å². The molecule has 0 unspecified atom stereocenters. The fraction of sp³-hybridized carbons (Fsp3) is 0.148. The summed E-state index contributed by atoms with van der Waals surface area (Å²) in [7, 11) is 0. The topological polar surface area (TPSA) is 8.17 Å². The summed E-state index contributed by atoms with van der Waals surface area (Å²) in [5.74, 6) is 0.675. The van der Waals surface area contributed by atoms with Crippen molar-refractivity contribution in [3.63, 3.8) is 0 Å². The Morgan fingerprint density at radius 1 is 0.444 bits per heavy atom. The number of anilines is 3. The maximum Gasteiger partial charge on any atom is 0.0561 e. The Hall–Kier alpha value is -7.16. The predicted octanol–water partition coefficient (Wildman–Crippen LogP) is 17.1. The third-order valence-electron chi connectivity index (χ3n) is 14.4. The lowest BCUT2D eigenvalue weighted by atomic mass is 9.79. The molecule has 9 aromatic carbocycles. The average molecular weight is 811 g/mol. The fourth-order valence-electron chi connectivity index (χ4n) is 11.2. The van der Waals surface area contributed by atoms with E-state index in [0.717, 1.165) is 22.7 Å². The first-order valence-electron chi connectivity index (χ1n) is 22.9. The van der Waals surface area contributed by atoms with Crippen molar-refractivity contribution in [2.24, 2.45) is 0 Å². The van der Waals surface area contributed by atoms with Crippen molar-refractivity contribution in [2.75, 3.05) is 4.90 Å². The Kier molecular flexibility index (Phi) is 8.97. The van der Waals surface area contributed by atoms with Crippen LogP contribution in [0.1, 0.15) is 68.6 Å². The van der Waals surface area contributed by atoms with Crippen LogP contribution in [-0.2, 0) is 5.41 Å². The van der Waals surface area contributed by atoms with Crippen LogP contribution in [-0.4, -0.2) is 4.57 Å². The van der Waals surface area contributed by atoms with Gasteiger partial charge in [-0.3, -0.25) is 0 Å². The summed E-state index contributed by atoms with van der Waals surface area (Å²) in [4.78, 5) is 2.49. The van der Waals surface area contributed by atoms with Gasteiger partial charge in [0.15, 0.2) is 0 Å². The van der Waals surface area contributed by atoms with Gasteiger partial charge >= 0.3 is 0 Å². The van der Waals surface area contributed by atoms with Crippen LogP contribution in [0.4, 0.5) is 17.1 Å². The second-order valence-corrected chi connectivity index (χ2v) is 18.3. The molecule has 10 aromatic rings. The summed E-state index contributed by atoms with van der Waals surface area (Å²) in [6.07, 6.45) is 6.68. The van der Waals surface area contributed by atoms with E-state index in [9.17, 15) is 0 Å². The lowest BCUT2D eigenvalue weighted by molar-refractivity contribution is 0.443. The molecule has 1 heterocycles. The van der Waals surface area contributed by atoms with Crippen molar-refractivity contribution < 1.29 is 0 Å². The van der Waals surface area contributed by atoms with Crippen LogP contribution in [0.5, 0.6) is 0 Å². The van der Waals surface area contributed by atoms with Gasteiger partial charge in [-0.25, -0.2) is 0 Å². The van der Waals surface area contributed by atoms with Crippen LogP contribution >= 0.6 is 0 Å². The molecule has 2 aliphatic rings. The molecule has 0 amide bonds. The maximum atomic E-state index is 2.57. The molecule has 0 bridgehead atoms.